The summed E-state index contributed by atoms with van der Waals surface area (Å²) in [6.07, 6.45) is -5.09. The van der Waals surface area contributed by atoms with Gasteiger partial charge in [-0.05, 0) is 19.6 Å². The Morgan fingerprint density at radius 2 is 1.41 bits per heavy atom. The number of carbonyl (C=O) groups is 2. The van der Waals surface area contributed by atoms with Crippen LogP contribution in [0.15, 0.2) is 0 Å². The predicted octanol–water partition coefficient (Wildman–Crippen LogP) is 1.99. The molecule has 0 heterocycles. The number of esters is 2. The van der Waals surface area contributed by atoms with E-state index in [0.717, 1.165) is 0 Å². The van der Waals surface area contributed by atoms with Crippen molar-refractivity contribution in [2.45, 2.75) is 33.9 Å². The Balaban J connectivity index is 0. The molecule has 0 aromatic carbocycles. The van der Waals surface area contributed by atoms with Crippen molar-refractivity contribution in [1.82, 2.24) is 4.90 Å². The van der Waals surface area contributed by atoms with Gasteiger partial charge in [-0.1, -0.05) is 20.8 Å². The van der Waals surface area contributed by atoms with E-state index in [9.17, 15) is 22.8 Å². The molecule has 0 bridgehead atoms. The quantitative estimate of drug-likeness (QED) is 0.573. The van der Waals surface area contributed by atoms with E-state index in [1.807, 2.05) is 0 Å². The van der Waals surface area contributed by atoms with E-state index in [0.29, 0.717) is 6.92 Å². The van der Waals surface area contributed by atoms with Gasteiger partial charge >= 0.3 is 18.1 Å². The van der Waals surface area contributed by atoms with E-state index in [4.69, 9.17) is 0 Å². The summed E-state index contributed by atoms with van der Waals surface area (Å²) < 4.78 is 36.8. The molecule has 0 aliphatic heterocycles. The van der Waals surface area contributed by atoms with Gasteiger partial charge in [-0.2, -0.15) is 13.2 Å². The highest BCUT2D eigenvalue weighted by Crippen LogP contribution is 2.16. The summed E-state index contributed by atoms with van der Waals surface area (Å²) in [7, 11) is 0. The number of ether oxygens (including phenoxy) is 1. The van der Waals surface area contributed by atoms with Gasteiger partial charge in [0.05, 0.1) is 0 Å². The zero-order chi connectivity index (χ0) is 14.1. The zero-order valence-corrected chi connectivity index (χ0v) is 10.4. The molecule has 0 aromatic rings. The molecule has 0 rings (SSSR count). The van der Waals surface area contributed by atoms with Crippen LogP contribution in [0.1, 0.15) is 27.7 Å². The molecular formula is C10H18F3NO3. The molecule has 0 aliphatic carbocycles. The Morgan fingerprint density at radius 3 is 1.47 bits per heavy atom. The Labute approximate surface area is 98.7 Å². The smallest absolute Gasteiger partial charge is 0.387 e. The molecule has 0 N–H and O–H groups in total. The molecule has 0 fully saturated rings. The lowest BCUT2D eigenvalue weighted by molar-refractivity contribution is -0.201. The number of alkyl halides is 3. The molecule has 17 heavy (non-hydrogen) atoms. The molecule has 0 aromatic heterocycles. The third-order valence-electron chi connectivity index (χ3n) is 1.81. The van der Waals surface area contributed by atoms with Crippen LogP contribution in [0.25, 0.3) is 0 Å². The van der Waals surface area contributed by atoms with E-state index < -0.39 is 18.1 Å². The number of hydrogen-bond donors (Lipinski definition) is 0. The third kappa shape index (κ3) is 11.2. The van der Waals surface area contributed by atoms with E-state index in [2.05, 4.69) is 30.4 Å². The summed E-state index contributed by atoms with van der Waals surface area (Å²) >= 11 is 0. The van der Waals surface area contributed by atoms with Crippen LogP contribution < -0.4 is 0 Å². The summed E-state index contributed by atoms with van der Waals surface area (Å²) in [6, 6.07) is 0. The first-order valence-electron chi connectivity index (χ1n) is 5.20. The maximum absolute atomic E-state index is 11.2. The standard InChI is InChI=1S/C6H15N.C4H3F3O3/c1-4-7(5-2)6-3;1-2(8)10-3(9)4(5,6)7/h4-6H2,1-3H3;1H3. The van der Waals surface area contributed by atoms with Crippen LogP contribution in [0.2, 0.25) is 0 Å². The average Bonchev–Trinajstić information content (AvgIpc) is 2.19. The highest BCUT2D eigenvalue weighted by atomic mass is 19.4. The lowest BCUT2D eigenvalue weighted by Gasteiger charge is -2.13. The van der Waals surface area contributed by atoms with Crippen molar-refractivity contribution < 1.29 is 27.5 Å². The second kappa shape index (κ2) is 8.98. The minimum absolute atomic E-state index is 0.712. The molecule has 0 amide bonds. The van der Waals surface area contributed by atoms with Crippen LogP contribution in [0.4, 0.5) is 13.2 Å². The van der Waals surface area contributed by atoms with Crippen molar-refractivity contribution in [2.75, 3.05) is 19.6 Å². The second-order valence-corrected chi connectivity index (χ2v) is 3.00. The van der Waals surface area contributed by atoms with Crippen molar-refractivity contribution >= 4 is 11.9 Å². The van der Waals surface area contributed by atoms with Gasteiger partial charge in [0.25, 0.3) is 0 Å². The first-order chi connectivity index (χ1) is 7.68. The fourth-order valence-corrected chi connectivity index (χ4v) is 0.859. The number of nitrogens with zero attached hydrogens (tertiary/aromatic N) is 1. The van der Waals surface area contributed by atoms with Gasteiger partial charge < -0.3 is 9.64 Å². The largest absolute Gasteiger partial charge is 0.491 e. The first-order valence-corrected chi connectivity index (χ1v) is 5.20. The highest BCUT2D eigenvalue weighted by Gasteiger charge is 2.41. The summed E-state index contributed by atoms with van der Waals surface area (Å²) in [4.78, 5) is 21.8. The second-order valence-electron chi connectivity index (χ2n) is 3.00. The summed E-state index contributed by atoms with van der Waals surface area (Å²) in [6.45, 7) is 10.8. The average molecular weight is 257 g/mol. The van der Waals surface area contributed by atoms with Crippen molar-refractivity contribution in [1.29, 1.82) is 0 Å². The van der Waals surface area contributed by atoms with Crippen LogP contribution in [-0.2, 0) is 14.3 Å². The number of hydrogen-bond acceptors (Lipinski definition) is 4. The van der Waals surface area contributed by atoms with Gasteiger partial charge in [-0.3, -0.25) is 4.79 Å². The Bertz CT molecular complexity index is 232. The van der Waals surface area contributed by atoms with Gasteiger partial charge in [0.15, 0.2) is 0 Å². The lowest BCUT2D eigenvalue weighted by atomic mass is 10.5. The van der Waals surface area contributed by atoms with E-state index in [1.54, 1.807) is 0 Å². The van der Waals surface area contributed by atoms with Crippen molar-refractivity contribution in [3.05, 3.63) is 0 Å². The Morgan fingerprint density at radius 1 is 1.06 bits per heavy atom. The molecule has 0 atom stereocenters. The van der Waals surface area contributed by atoms with Gasteiger partial charge in [0.2, 0.25) is 0 Å². The monoisotopic (exact) mass is 257 g/mol. The zero-order valence-electron chi connectivity index (χ0n) is 10.4. The lowest BCUT2D eigenvalue weighted by Crippen LogP contribution is -2.26. The maximum Gasteiger partial charge on any atom is 0.491 e. The molecule has 0 unspecified atom stereocenters. The van der Waals surface area contributed by atoms with Crippen LogP contribution >= 0.6 is 0 Å². The van der Waals surface area contributed by atoms with Gasteiger partial charge in [0, 0.05) is 6.92 Å². The molecule has 102 valence electrons. The van der Waals surface area contributed by atoms with Crippen molar-refractivity contribution in [2.24, 2.45) is 0 Å². The normalized spacial score (nSPS) is 10.6. The van der Waals surface area contributed by atoms with Crippen LogP contribution in [-0.4, -0.2) is 42.6 Å². The summed E-state index contributed by atoms with van der Waals surface area (Å²) in [5.74, 6) is -3.76. The maximum atomic E-state index is 11.2. The SMILES string of the molecule is CC(=O)OC(=O)C(F)(F)F.CCN(CC)CC. The molecule has 0 saturated heterocycles. The predicted molar refractivity (Wildman–Crippen MR) is 56.3 cm³/mol. The molecule has 0 aliphatic rings. The van der Waals surface area contributed by atoms with Crippen LogP contribution in [0.3, 0.4) is 0 Å². The topological polar surface area (TPSA) is 46.6 Å². The number of rotatable bonds is 3. The van der Waals surface area contributed by atoms with Crippen molar-refractivity contribution in [3.8, 4) is 0 Å². The number of carbonyl (C=O) groups excluding carboxylic acids is 2. The molecule has 0 spiro atoms. The summed E-state index contributed by atoms with van der Waals surface area (Å²) in [5, 5.41) is 0. The number of halogens is 3. The summed E-state index contributed by atoms with van der Waals surface area (Å²) in [5.41, 5.74) is 0. The molecule has 4 nitrogen and oxygen atoms in total. The Kier molecular flexibility index (Phi) is 9.64. The van der Waals surface area contributed by atoms with Crippen LogP contribution in [0, 0.1) is 0 Å². The highest BCUT2D eigenvalue weighted by molar-refractivity contribution is 5.87. The van der Waals surface area contributed by atoms with Crippen LogP contribution in [0.5, 0.6) is 0 Å². The van der Waals surface area contributed by atoms with Crippen molar-refractivity contribution in [3.63, 3.8) is 0 Å². The molecule has 0 saturated carbocycles. The van der Waals surface area contributed by atoms with E-state index >= 15 is 0 Å². The Hall–Kier alpha value is -1.11. The molecule has 7 heteroatoms. The van der Waals surface area contributed by atoms with Gasteiger partial charge in [-0.15, -0.1) is 0 Å². The van der Waals surface area contributed by atoms with E-state index in [1.165, 1.54) is 19.6 Å². The van der Waals surface area contributed by atoms with Gasteiger partial charge in [0.1, 0.15) is 0 Å². The molecular weight excluding hydrogens is 239 g/mol. The minimum atomic E-state index is -5.09. The first kappa shape index (κ1) is 18.3. The third-order valence-corrected chi connectivity index (χ3v) is 1.81. The fourth-order valence-electron chi connectivity index (χ4n) is 0.859. The minimum Gasteiger partial charge on any atom is -0.387 e. The fraction of sp³-hybridized carbons (Fsp3) is 0.800. The molecule has 0 radical (unpaired) electrons. The van der Waals surface area contributed by atoms with Gasteiger partial charge in [-0.25, -0.2) is 4.79 Å². The van der Waals surface area contributed by atoms with E-state index in [-0.39, 0.29) is 0 Å².